The lowest BCUT2D eigenvalue weighted by atomic mass is 10.1. The van der Waals surface area contributed by atoms with E-state index in [1.165, 1.54) is 11.8 Å². The topological polar surface area (TPSA) is 73.0 Å². The lowest BCUT2D eigenvalue weighted by Gasteiger charge is -2.10. The number of nitrogens with zero attached hydrogens (tertiary/aromatic N) is 3. The Balaban J connectivity index is 1.43. The van der Waals surface area contributed by atoms with E-state index in [-0.39, 0.29) is 11.7 Å². The first-order chi connectivity index (χ1) is 15.5. The molecule has 6 nitrogen and oxygen atoms in total. The number of benzene rings is 2. The minimum Gasteiger partial charge on any atom is -0.461 e. The second-order valence-corrected chi connectivity index (χ2v) is 8.87. The molecule has 4 rings (SSSR count). The number of amides is 1. The molecule has 164 valence electrons. The molecule has 2 heterocycles. The molecule has 0 aliphatic rings. The Bertz CT molecular complexity index is 1220. The van der Waals surface area contributed by atoms with E-state index in [4.69, 9.17) is 27.6 Å². The van der Waals surface area contributed by atoms with Crippen LogP contribution in [-0.4, -0.2) is 33.0 Å². The van der Waals surface area contributed by atoms with Crippen molar-refractivity contribution in [1.29, 1.82) is 0 Å². The summed E-state index contributed by atoms with van der Waals surface area (Å²) >= 11 is 13.4. The molecule has 2 aromatic carbocycles. The van der Waals surface area contributed by atoms with E-state index < -0.39 is 0 Å². The van der Waals surface area contributed by atoms with Crippen molar-refractivity contribution in [3.8, 4) is 17.3 Å². The third-order valence-corrected chi connectivity index (χ3v) is 6.21. The van der Waals surface area contributed by atoms with Gasteiger partial charge in [-0.25, -0.2) is 0 Å². The van der Waals surface area contributed by atoms with Crippen LogP contribution in [0.15, 0.2) is 70.4 Å². The lowest BCUT2D eigenvalue weighted by Crippen LogP contribution is -2.27. The molecule has 0 aliphatic heterocycles. The summed E-state index contributed by atoms with van der Waals surface area (Å²) in [5, 5.41) is 13.3. The summed E-state index contributed by atoms with van der Waals surface area (Å²) in [6.45, 7) is 2.50. The van der Waals surface area contributed by atoms with Gasteiger partial charge in [-0.05, 0) is 60.9 Å². The largest absolute Gasteiger partial charge is 0.461 e. The van der Waals surface area contributed by atoms with Gasteiger partial charge >= 0.3 is 0 Å². The molecule has 1 amide bonds. The van der Waals surface area contributed by atoms with Gasteiger partial charge in [-0.1, -0.05) is 53.2 Å². The van der Waals surface area contributed by atoms with Crippen LogP contribution in [0.25, 0.3) is 17.3 Å². The standard InChI is InChI=1S/C23H20Cl2N4O2S/c1-15-4-2-5-18(12-15)29-22(20-6-3-11-31-20)27-28-23(29)32-14-21(30)26-10-9-16-7-8-17(24)13-19(16)25/h2-8,11-13H,9-10,14H2,1H3,(H,26,30). The number of nitrogens with one attached hydrogen (secondary N) is 1. The monoisotopic (exact) mass is 486 g/mol. The number of halogens is 2. The molecule has 2 aromatic heterocycles. The zero-order valence-corrected chi connectivity index (χ0v) is 19.5. The van der Waals surface area contributed by atoms with Crippen molar-refractivity contribution >= 4 is 40.9 Å². The van der Waals surface area contributed by atoms with Gasteiger partial charge in [-0.2, -0.15) is 0 Å². The fourth-order valence-corrected chi connectivity index (χ4v) is 4.46. The highest BCUT2D eigenvalue weighted by molar-refractivity contribution is 7.99. The molecular formula is C23H20Cl2N4O2S. The zero-order valence-electron chi connectivity index (χ0n) is 17.2. The van der Waals surface area contributed by atoms with Crippen LogP contribution in [0.2, 0.25) is 10.0 Å². The Morgan fingerprint density at radius 1 is 1.12 bits per heavy atom. The van der Waals surface area contributed by atoms with Crippen LogP contribution in [0.3, 0.4) is 0 Å². The van der Waals surface area contributed by atoms with Crippen LogP contribution < -0.4 is 5.32 Å². The van der Waals surface area contributed by atoms with Crippen molar-refractivity contribution in [2.75, 3.05) is 12.3 Å². The molecule has 0 atom stereocenters. The van der Waals surface area contributed by atoms with Crippen molar-refractivity contribution in [1.82, 2.24) is 20.1 Å². The highest BCUT2D eigenvalue weighted by atomic mass is 35.5. The maximum Gasteiger partial charge on any atom is 0.230 e. The number of carbonyl (C=O) groups is 1. The molecule has 9 heteroatoms. The molecule has 0 bridgehead atoms. The summed E-state index contributed by atoms with van der Waals surface area (Å²) in [5.74, 6) is 1.30. The number of aryl methyl sites for hydroxylation is 1. The fraction of sp³-hybridized carbons (Fsp3) is 0.174. The number of thioether (sulfide) groups is 1. The van der Waals surface area contributed by atoms with Gasteiger partial charge in [0.1, 0.15) is 0 Å². The quantitative estimate of drug-likeness (QED) is 0.328. The predicted molar refractivity (Wildman–Crippen MR) is 128 cm³/mol. The summed E-state index contributed by atoms with van der Waals surface area (Å²) in [6.07, 6.45) is 2.21. The van der Waals surface area contributed by atoms with Crippen LogP contribution in [-0.2, 0) is 11.2 Å². The van der Waals surface area contributed by atoms with Gasteiger partial charge in [0.25, 0.3) is 0 Å². The average molecular weight is 487 g/mol. The smallest absolute Gasteiger partial charge is 0.230 e. The van der Waals surface area contributed by atoms with E-state index in [1.807, 2.05) is 47.9 Å². The van der Waals surface area contributed by atoms with E-state index in [0.29, 0.717) is 39.8 Å². The lowest BCUT2D eigenvalue weighted by molar-refractivity contribution is -0.118. The van der Waals surface area contributed by atoms with Gasteiger partial charge in [-0.3, -0.25) is 9.36 Å². The molecule has 0 aliphatic carbocycles. The fourth-order valence-electron chi connectivity index (χ4n) is 3.17. The first-order valence-corrected chi connectivity index (χ1v) is 11.6. The van der Waals surface area contributed by atoms with Gasteiger partial charge in [0.15, 0.2) is 10.9 Å². The molecule has 32 heavy (non-hydrogen) atoms. The van der Waals surface area contributed by atoms with E-state index in [0.717, 1.165) is 16.8 Å². The van der Waals surface area contributed by atoms with Crippen molar-refractivity contribution in [3.05, 3.63) is 82.0 Å². The number of hydrogen-bond donors (Lipinski definition) is 1. The second kappa shape index (κ2) is 10.3. The third kappa shape index (κ3) is 5.35. The molecule has 0 fully saturated rings. The Kier molecular flexibility index (Phi) is 7.19. The first-order valence-electron chi connectivity index (χ1n) is 9.91. The number of aromatic nitrogens is 3. The zero-order chi connectivity index (χ0) is 22.5. The van der Waals surface area contributed by atoms with Crippen molar-refractivity contribution < 1.29 is 9.21 Å². The summed E-state index contributed by atoms with van der Waals surface area (Å²) in [6, 6.07) is 17.0. The van der Waals surface area contributed by atoms with Crippen LogP contribution in [0.4, 0.5) is 0 Å². The SMILES string of the molecule is Cc1cccc(-n2c(SCC(=O)NCCc3ccc(Cl)cc3Cl)nnc2-c2ccco2)c1. The number of hydrogen-bond acceptors (Lipinski definition) is 5. The third-order valence-electron chi connectivity index (χ3n) is 4.70. The van der Waals surface area contributed by atoms with Crippen LogP contribution in [0.5, 0.6) is 0 Å². The van der Waals surface area contributed by atoms with Crippen LogP contribution in [0.1, 0.15) is 11.1 Å². The number of furan rings is 1. The summed E-state index contributed by atoms with van der Waals surface area (Å²) in [4.78, 5) is 12.4. The van der Waals surface area contributed by atoms with Gasteiger partial charge in [0.05, 0.1) is 17.7 Å². The maximum absolute atomic E-state index is 12.4. The Morgan fingerprint density at radius 2 is 2.00 bits per heavy atom. The number of rotatable bonds is 8. The van der Waals surface area contributed by atoms with Crippen molar-refractivity contribution in [2.24, 2.45) is 0 Å². The molecular weight excluding hydrogens is 467 g/mol. The molecule has 0 unspecified atom stereocenters. The van der Waals surface area contributed by atoms with Gasteiger partial charge in [0.2, 0.25) is 11.7 Å². The van der Waals surface area contributed by atoms with E-state index in [1.54, 1.807) is 24.5 Å². The minimum atomic E-state index is -0.0987. The van der Waals surface area contributed by atoms with E-state index >= 15 is 0 Å². The molecule has 0 spiro atoms. The Morgan fingerprint density at radius 3 is 2.75 bits per heavy atom. The van der Waals surface area contributed by atoms with Crippen LogP contribution in [0, 0.1) is 6.92 Å². The molecule has 0 saturated heterocycles. The normalized spacial score (nSPS) is 11.0. The second-order valence-electron chi connectivity index (χ2n) is 7.08. The first kappa shape index (κ1) is 22.5. The summed E-state index contributed by atoms with van der Waals surface area (Å²) in [5.41, 5.74) is 2.95. The van der Waals surface area contributed by atoms with Gasteiger partial charge in [-0.15, -0.1) is 10.2 Å². The van der Waals surface area contributed by atoms with Crippen molar-refractivity contribution in [2.45, 2.75) is 18.5 Å². The van der Waals surface area contributed by atoms with Crippen LogP contribution >= 0.6 is 35.0 Å². The molecule has 0 radical (unpaired) electrons. The predicted octanol–water partition coefficient (Wildman–Crippen LogP) is 5.59. The van der Waals surface area contributed by atoms with Gasteiger partial charge < -0.3 is 9.73 Å². The molecule has 4 aromatic rings. The highest BCUT2D eigenvalue weighted by Crippen LogP contribution is 2.28. The maximum atomic E-state index is 12.4. The Hall–Kier alpha value is -2.74. The van der Waals surface area contributed by atoms with E-state index in [9.17, 15) is 4.79 Å². The minimum absolute atomic E-state index is 0.0987. The molecule has 1 N–H and O–H groups in total. The summed E-state index contributed by atoms with van der Waals surface area (Å²) < 4.78 is 7.43. The average Bonchev–Trinajstić information content (AvgIpc) is 3.43. The van der Waals surface area contributed by atoms with Gasteiger partial charge in [0, 0.05) is 16.6 Å². The highest BCUT2D eigenvalue weighted by Gasteiger charge is 2.19. The van der Waals surface area contributed by atoms with Crippen molar-refractivity contribution in [3.63, 3.8) is 0 Å². The number of carbonyl (C=O) groups excluding carboxylic acids is 1. The summed E-state index contributed by atoms with van der Waals surface area (Å²) in [7, 11) is 0. The Labute approximate surface area is 199 Å². The molecule has 0 saturated carbocycles. The van der Waals surface area contributed by atoms with E-state index in [2.05, 4.69) is 15.5 Å².